The number of hydrogen-bond donors (Lipinski definition) is 1. The maximum Gasteiger partial charge on any atom is 0.269 e. The van der Waals surface area contributed by atoms with E-state index in [2.05, 4.69) is 20.5 Å². The second kappa shape index (κ2) is 11.0. The first kappa shape index (κ1) is 26.0. The van der Waals surface area contributed by atoms with Crippen molar-refractivity contribution in [1.29, 1.82) is 0 Å². The summed E-state index contributed by atoms with van der Waals surface area (Å²) < 4.78 is 6.91. The van der Waals surface area contributed by atoms with E-state index in [0.29, 0.717) is 28.0 Å². The first-order chi connectivity index (χ1) is 18.9. The molecule has 4 aromatic rings. The third-order valence-electron chi connectivity index (χ3n) is 5.86. The van der Waals surface area contributed by atoms with E-state index in [1.54, 1.807) is 48.4 Å². The number of hydrazone groups is 1. The maximum absolute atomic E-state index is 12.8. The fraction of sp³-hybridized carbons (Fsp3) is 0.115. The summed E-state index contributed by atoms with van der Waals surface area (Å²) >= 11 is 6.92. The number of ether oxygens (including phenoxy) is 1. The Labute approximate surface area is 232 Å². The van der Waals surface area contributed by atoms with Gasteiger partial charge in [0.15, 0.2) is 11.0 Å². The number of nitrogens with one attached hydrogen (secondary N) is 1. The topological polar surface area (TPSA) is 128 Å². The number of nitro groups is 1. The number of carbonyl (C=O) groups excluding carboxylic acids is 1. The Morgan fingerprint density at radius 1 is 1.08 bits per heavy atom. The lowest BCUT2D eigenvalue weighted by Crippen LogP contribution is -2.30. The van der Waals surface area contributed by atoms with Crippen molar-refractivity contribution < 1.29 is 14.5 Å². The van der Waals surface area contributed by atoms with Crippen molar-refractivity contribution in [2.24, 2.45) is 5.10 Å². The summed E-state index contributed by atoms with van der Waals surface area (Å²) in [6.45, 7) is 1.92. The van der Waals surface area contributed by atoms with E-state index >= 15 is 0 Å². The normalized spacial score (nSPS) is 14.1. The van der Waals surface area contributed by atoms with Gasteiger partial charge in [0.2, 0.25) is 16.6 Å². The van der Waals surface area contributed by atoms with Crippen LogP contribution in [0.4, 0.5) is 17.3 Å². The number of methoxy groups -OCH3 is 1. The highest BCUT2D eigenvalue weighted by Gasteiger charge is 2.31. The van der Waals surface area contributed by atoms with Crippen LogP contribution in [0.2, 0.25) is 0 Å². The van der Waals surface area contributed by atoms with Gasteiger partial charge in [-0.2, -0.15) is 9.97 Å². The van der Waals surface area contributed by atoms with E-state index in [1.165, 1.54) is 28.5 Å². The lowest BCUT2D eigenvalue weighted by molar-refractivity contribution is -0.384. The molecular weight excluding hydrogens is 538 g/mol. The van der Waals surface area contributed by atoms with Crippen molar-refractivity contribution >= 4 is 52.4 Å². The van der Waals surface area contributed by atoms with Crippen molar-refractivity contribution in [1.82, 2.24) is 14.5 Å². The summed E-state index contributed by atoms with van der Waals surface area (Å²) in [5, 5.41) is 16.1. The Balaban J connectivity index is 1.59. The van der Waals surface area contributed by atoms with Crippen molar-refractivity contribution in [3.8, 4) is 22.8 Å². The average molecular weight is 560 g/mol. The summed E-state index contributed by atoms with van der Waals surface area (Å²) in [4.78, 5) is 34.2. The monoisotopic (exact) mass is 559 g/mol. The summed E-state index contributed by atoms with van der Waals surface area (Å²) in [7, 11) is 1.58. The number of hydrogen-bond acceptors (Lipinski definition) is 10. The molecule has 1 aromatic heterocycles. The number of carbonyl (C=O) groups is 1. The van der Waals surface area contributed by atoms with E-state index in [4.69, 9.17) is 17.0 Å². The Bertz CT molecular complexity index is 1650. The number of non-ortho nitro benzene ring substituents is 1. The maximum atomic E-state index is 12.8. The van der Waals surface area contributed by atoms with E-state index in [9.17, 15) is 14.9 Å². The molecule has 13 heteroatoms. The zero-order valence-electron chi connectivity index (χ0n) is 20.8. The molecule has 0 unspecified atom stereocenters. The van der Waals surface area contributed by atoms with Crippen molar-refractivity contribution in [3.63, 3.8) is 0 Å². The van der Waals surface area contributed by atoms with Crippen molar-refractivity contribution in [2.75, 3.05) is 23.2 Å². The quantitative estimate of drug-likeness (QED) is 0.181. The van der Waals surface area contributed by atoms with Crippen LogP contribution in [-0.2, 0) is 4.79 Å². The van der Waals surface area contributed by atoms with Crippen molar-refractivity contribution in [2.45, 2.75) is 6.92 Å². The predicted molar refractivity (Wildman–Crippen MR) is 153 cm³/mol. The summed E-state index contributed by atoms with van der Waals surface area (Å²) in [5.41, 5.74) is 5.76. The van der Waals surface area contributed by atoms with Crippen molar-refractivity contribution in [3.05, 3.63) is 93.2 Å². The molecule has 2 heterocycles. The van der Waals surface area contributed by atoms with Gasteiger partial charge in [-0.15, -0.1) is 5.10 Å². The predicted octanol–water partition coefficient (Wildman–Crippen LogP) is 5.35. The number of aryl methyl sites for hydroxylation is 1. The molecule has 0 bridgehead atoms. The van der Waals surface area contributed by atoms with Crippen LogP contribution >= 0.6 is 24.0 Å². The molecule has 0 saturated carbocycles. The number of nitrogens with zero attached hydrogens (tertiary/aromatic N) is 6. The zero-order valence-corrected chi connectivity index (χ0v) is 22.4. The smallest absolute Gasteiger partial charge is 0.269 e. The molecular formula is C26H21N7O4S2. The molecule has 1 saturated heterocycles. The van der Waals surface area contributed by atoms with Gasteiger partial charge in [0, 0.05) is 17.7 Å². The molecule has 1 aliphatic heterocycles. The van der Waals surface area contributed by atoms with Gasteiger partial charge in [0.05, 0.1) is 29.2 Å². The van der Waals surface area contributed by atoms with Crippen LogP contribution in [0.1, 0.15) is 5.56 Å². The van der Waals surface area contributed by atoms with Crippen LogP contribution in [0.3, 0.4) is 0 Å². The molecule has 0 atom stereocenters. The van der Waals surface area contributed by atoms with Crippen LogP contribution in [0.15, 0.2) is 77.9 Å². The van der Waals surface area contributed by atoms with E-state index in [1.807, 2.05) is 31.2 Å². The van der Waals surface area contributed by atoms with E-state index < -0.39 is 4.92 Å². The average Bonchev–Trinajstić information content (AvgIpc) is 3.31. The number of rotatable bonds is 7. The molecule has 11 nitrogen and oxygen atoms in total. The third-order valence-corrected chi connectivity index (χ3v) is 7.05. The lowest BCUT2D eigenvalue weighted by atomic mass is 10.2. The molecule has 39 heavy (non-hydrogen) atoms. The highest BCUT2D eigenvalue weighted by molar-refractivity contribution is 8.15. The van der Waals surface area contributed by atoms with E-state index in [-0.39, 0.29) is 28.1 Å². The molecule has 196 valence electrons. The van der Waals surface area contributed by atoms with Gasteiger partial charge in [-0.05, 0) is 67.2 Å². The molecule has 1 fully saturated rings. The number of nitro benzene ring substituents is 1. The first-order valence-electron chi connectivity index (χ1n) is 11.6. The molecule has 0 aliphatic carbocycles. The van der Waals surface area contributed by atoms with Gasteiger partial charge in [-0.1, -0.05) is 30.0 Å². The van der Waals surface area contributed by atoms with Gasteiger partial charge in [0.25, 0.3) is 5.69 Å². The highest BCUT2D eigenvalue weighted by Crippen LogP contribution is 2.30. The number of benzene rings is 3. The molecule has 0 spiro atoms. The minimum absolute atomic E-state index is 0.0643. The van der Waals surface area contributed by atoms with Crippen LogP contribution in [0.5, 0.6) is 5.75 Å². The molecule has 1 aliphatic rings. The van der Waals surface area contributed by atoms with Gasteiger partial charge in [-0.3, -0.25) is 24.4 Å². The lowest BCUT2D eigenvalue weighted by Gasteiger charge is -2.19. The molecule has 1 amide bonds. The number of amides is 1. The van der Waals surface area contributed by atoms with Gasteiger partial charge < -0.3 is 4.74 Å². The van der Waals surface area contributed by atoms with Gasteiger partial charge >= 0.3 is 0 Å². The van der Waals surface area contributed by atoms with Gasteiger partial charge in [0.1, 0.15) is 5.75 Å². The van der Waals surface area contributed by atoms with Crippen LogP contribution in [0.25, 0.3) is 17.1 Å². The number of thioether (sulfide) groups is 1. The third kappa shape index (κ3) is 5.35. The highest BCUT2D eigenvalue weighted by atomic mass is 32.2. The SMILES string of the molecule is COc1ccc(-c2nc(N/N=C3\SCC(=O)N3c3ccccc3C)n(-c3ccc([N+](=O)[O-])cc3)c(=S)n2)cc1. The minimum Gasteiger partial charge on any atom is -0.497 e. The molecule has 3 aromatic carbocycles. The Hall–Kier alpha value is -4.62. The van der Waals surface area contributed by atoms with E-state index in [0.717, 1.165) is 11.3 Å². The number of aromatic nitrogens is 3. The number of anilines is 2. The Morgan fingerprint density at radius 3 is 2.46 bits per heavy atom. The second-order valence-corrected chi connectivity index (χ2v) is 9.61. The fourth-order valence-corrected chi connectivity index (χ4v) is 5.00. The first-order valence-corrected chi connectivity index (χ1v) is 13.0. The van der Waals surface area contributed by atoms with Crippen LogP contribution in [0, 0.1) is 21.8 Å². The molecule has 5 rings (SSSR count). The van der Waals surface area contributed by atoms with Crippen LogP contribution < -0.4 is 15.1 Å². The largest absolute Gasteiger partial charge is 0.497 e. The zero-order chi connectivity index (χ0) is 27.5. The second-order valence-electron chi connectivity index (χ2n) is 8.30. The Kier molecular flexibility index (Phi) is 7.34. The summed E-state index contributed by atoms with van der Waals surface area (Å²) in [5.74, 6) is 1.38. The summed E-state index contributed by atoms with van der Waals surface area (Å²) in [6, 6.07) is 20.6. The fourth-order valence-electron chi connectivity index (χ4n) is 3.90. The van der Waals surface area contributed by atoms with Crippen LogP contribution in [-0.4, -0.2) is 43.4 Å². The van der Waals surface area contributed by atoms with Gasteiger partial charge in [-0.25, -0.2) is 5.43 Å². The molecule has 1 N–H and O–H groups in total. The minimum atomic E-state index is -0.480. The number of para-hydroxylation sites is 1. The standard InChI is InChI=1S/C26H21N7O4S2/c1-16-5-3-4-6-21(16)32-22(34)15-39-26(32)30-29-24-27-23(17-7-13-20(37-2)14-8-17)28-25(38)31(24)18-9-11-19(12-10-18)33(35)36/h3-14H,15H2,1-2H3,(H,27,28,29,38)/b30-26-. The Morgan fingerprint density at radius 2 is 1.79 bits per heavy atom. The molecule has 0 radical (unpaired) electrons. The summed E-state index contributed by atoms with van der Waals surface area (Å²) in [6.07, 6.45) is 0. The number of amidine groups is 1.